The van der Waals surface area contributed by atoms with E-state index in [2.05, 4.69) is 26.2 Å². The van der Waals surface area contributed by atoms with Crippen LogP contribution in [-0.2, 0) is 6.54 Å². The summed E-state index contributed by atoms with van der Waals surface area (Å²) in [6.07, 6.45) is 1.77. The van der Waals surface area contributed by atoms with Crippen LogP contribution >= 0.6 is 15.9 Å². The van der Waals surface area contributed by atoms with Gasteiger partial charge in [-0.1, -0.05) is 6.07 Å². The zero-order valence-corrected chi connectivity index (χ0v) is 11.0. The number of halogens is 2. The van der Waals surface area contributed by atoms with Gasteiger partial charge in [0.15, 0.2) is 0 Å². The quantitative estimate of drug-likeness (QED) is 0.928. The minimum atomic E-state index is -0.253. The smallest absolute Gasteiger partial charge is 0.124 e. The van der Waals surface area contributed by atoms with E-state index in [1.807, 2.05) is 19.1 Å². The molecule has 1 heterocycles. The Labute approximate surface area is 108 Å². The van der Waals surface area contributed by atoms with Crippen molar-refractivity contribution in [2.75, 3.05) is 5.32 Å². The van der Waals surface area contributed by atoms with Gasteiger partial charge < -0.3 is 5.32 Å². The molecule has 0 unspecified atom stereocenters. The maximum Gasteiger partial charge on any atom is 0.124 e. The SMILES string of the molecule is Cc1cccnc1CNc1ccc(F)cc1Br. The van der Waals surface area contributed by atoms with Gasteiger partial charge in [0.25, 0.3) is 0 Å². The van der Waals surface area contributed by atoms with Gasteiger partial charge in [0.2, 0.25) is 0 Å². The maximum atomic E-state index is 12.9. The van der Waals surface area contributed by atoms with E-state index in [1.54, 1.807) is 12.3 Å². The van der Waals surface area contributed by atoms with Crippen molar-refractivity contribution in [3.05, 3.63) is 58.1 Å². The summed E-state index contributed by atoms with van der Waals surface area (Å²) in [5, 5.41) is 3.22. The molecule has 1 aromatic carbocycles. The standard InChI is InChI=1S/C13H12BrFN2/c1-9-3-2-6-16-13(9)8-17-12-5-4-10(15)7-11(12)14/h2-7,17H,8H2,1H3. The third kappa shape index (κ3) is 3.03. The maximum absolute atomic E-state index is 12.9. The summed E-state index contributed by atoms with van der Waals surface area (Å²) in [6, 6.07) is 8.50. The van der Waals surface area contributed by atoms with Crippen LogP contribution in [0.1, 0.15) is 11.3 Å². The van der Waals surface area contributed by atoms with E-state index in [0.717, 1.165) is 16.9 Å². The highest BCUT2D eigenvalue weighted by Crippen LogP contribution is 2.23. The lowest BCUT2D eigenvalue weighted by atomic mass is 10.2. The van der Waals surface area contributed by atoms with E-state index < -0.39 is 0 Å². The summed E-state index contributed by atoms with van der Waals surface area (Å²) >= 11 is 3.32. The average Bonchev–Trinajstić information content (AvgIpc) is 2.30. The highest BCUT2D eigenvalue weighted by atomic mass is 79.9. The molecule has 0 aliphatic rings. The first-order valence-corrected chi connectivity index (χ1v) is 6.05. The number of aryl methyl sites for hydroxylation is 1. The van der Waals surface area contributed by atoms with E-state index in [1.165, 1.54) is 12.1 Å². The first kappa shape index (κ1) is 12.0. The molecule has 2 rings (SSSR count). The highest BCUT2D eigenvalue weighted by Gasteiger charge is 2.03. The fourth-order valence-electron chi connectivity index (χ4n) is 1.52. The van der Waals surface area contributed by atoms with Gasteiger partial charge in [0, 0.05) is 16.4 Å². The van der Waals surface area contributed by atoms with Crippen molar-refractivity contribution in [2.24, 2.45) is 0 Å². The highest BCUT2D eigenvalue weighted by molar-refractivity contribution is 9.10. The molecule has 0 bridgehead atoms. The number of benzene rings is 1. The summed E-state index contributed by atoms with van der Waals surface area (Å²) in [6.45, 7) is 2.64. The summed E-state index contributed by atoms with van der Waals surface area (Å²) in [7, 11) is 0. The van der Waals surface area contributed by atoms with Crippen LogP contribution in [-0.4, -0.2) is 4.98 Å². The number of rotatable bonds is 3. The van der Waals surface area contributed by atoms with Crippen LogP contribution in [0.2, 0.25) is 0 Å². The number of hydrogen-bond acceptors (Lipinski definition) is 2. The van der Waals surface area contributed by atoms with Crippen molar-refractivity contribution >= 4 is 21.6 Å². The molecule has 0 fully saturated rings. The van der Waals surface area contributed by atoms with Crippen LogP contribution < -0.4 is 5.32 Å². The Morgan fingerprint density at radius 2 is 2.18 bits per heavy atom. The molecule has 0 atom stereocenters. The van der Waals surface area contributed by atoms with E-state index in [-0.39, 0.29) is 5.82 Å². The van der Waals surface area contributed by atoms with Gasteiger partial charge >= 0.3 is 0 Å². The predicted molar refractivity (Wildman–Crippen MR) is 70.4 cm³/mol. The Bertz CT molecular complexity index is 529. The summed E-state index contributed by atoms with van der Waals surface area (Å²) in [4.78, 5) is 4.29. The van der Waals surface area contributed by atoms with Crippen molar-refractivity contribution in [3.63, 3.8) is 0 Å². The Kier molecular flexibility index (Phi) is 3.74. The fraction of sp³-hybridized carbons (Fsp3) is 0.154. The second-order valence-corrected chi connectivity index (χ2v) is 4.60. The Hall–Kier alpha value is -1.42. The monoisotopic (exact) mass is 294 g/mol. The number of nitrogens with zero attached hydrogens (tertiary/aromatic N) is 1. The molecular weight excluding hydrogens is 283 g/mol. The zero-order chi connectivity index (χ0) is 12.3. The molecule has 1 N–H and O–H groups in total. The molecule has 0 amide bonds. The average molecular weight is 295 g/mol. The van der Waals surface area contributed by atoms with Crippen LogP contribution in [0.15, 0.2) is 41.0 Å². The van der Waals surface area contributed by atoms with Gasteiger partial charge in [-0.05, 0) is 52.7 Å². The van der Waals surface area contributed by atoms with Crippen LogP contribution in [0.5, 0.6) is 0 Å². The molecule has 0 radical (unpaired) electrons. The van der Waals surface area contributed by atoms with Crippen molar-refractivity contribution < 1.29 is 4.39 Å². The summed E-state index contributed by atoms with van der Waals surface area (Å²) in [5.74, 6) is -0.253. The van der Waals surface area contributed by atoms with Crippen LogP contribution in [0, 0.1) is 12.7 Å². The summed E-state index contributed by atoms with van der Waals surface area (Å²) in [5.41, 5.74) is 2.98. The number of anilines is 1. The van der Waals surface area contributed by atoms with Crippen molar-refractivity contribution in [1.82, 2.24) is 4.98 Å². The largest absolute Gasteiger partial charge is 0.378 e. The molecule has 0 saturated heterocycles. The Morgan fingerprint density at radius 1 is 1.35 bits per heavy atom. The molecule has 2 nitrogen and oxygen atoms in total. The van der Waals surface area contributed by atoms with Crippen molar-refractivity contribution in [1.29, 1.82) is 0 Å². The molecular formula is C13H12BrFN2. The number of aromatic nitrogens is 1. The molecule has 4 heteroatoms. The normalized spacial score (nSPS) is 10.3. The van der Waals surface area contributed by atoms with Gasteiger partial charge in [0.1, 0.15) is 5.82 Å². The van der Waals surface area contributed by atoms with Crippen molar-refractivity contribution in [2.45, 2.75) is 13.5 Å². The molecule has 88 valence electrons. The van der Waals surface area contributed by atoms with Crippen LogP contribution in [0.4, 0.5) is 10.1 Å². The van der Waals surface area contributed by atoms with Crippen molar-refractivity contribution in [3.8, 4) is 0 Å². The second-order valence-electron chi connectivity index (χ2n) is 3.74. The second kappa shape index (κ2) is 5.27. The number of hydrogen-bond donors (Lipinski definition) is 1. The minimum Gasteiger partial charge on any atom is -0.378 e. The van der Waals surface area contributed by atoms with Gasteiger partial charge in [-0.2, -0.15) is 0 Å². The molecule has 1 aromatic heterocycles. The molecule has 17 heavy (non-hydrogen) atoms. The Morgan fingerprint density at radius 3 is 2.88 bits per heavy atom. The fourth-order valence-corrected chi connectivity index (χ4v) is 2.01. The Balaban J connectivity index is 2.10. The van der Waals surface area contributed by atoms with E-state index >= 15 is 0 Å². The van der Waals surface area contributed by atoms with Gasteiger partial charge in [-0.25, -0.2) is 4.39 Å². The molecule has 0 spiro atoms. The van der Waals surface area contributed by atoms with E-state index in [0.29, 0.717) is 11.0 Å². The number of nitrogens with one attached hydrogen (secondary N) is 1. The van der Waals surface area contributed by atoms with E-state index in [9.17, 15) is 4.39 Å². The van der Waals surface area contributed by atoms with Crippen LogP contribution in [0.25, 0.3) is 0 Å². The third-order valence-electron chi connectivity index (χ3n) is 2.50. The van der Waals surface area contributed by atoms with Gasteiger partial charge in [-0.3, -0.25) is 4.98 Å². The van der Waals surface area contributed by atoms with Gasteiger partial charge in [-0.15, -0.1) is 0 Å². The lowest BCUT2D eigenvalue weighted by molar-refractivity contribution is 0.627. The zero-order valence-electron chi connectivity index (χ0n) is 9.37. The number of pyridine rings is 1. The lowest BCUT2D eigenvalue weighted by Gasteiger charge is -2.09. The lowest BCUT2D eigenvalue weighted by Crippen LogP contribution is -2.04. The van der Waals surface area contributed by atoms with Gasteiger partial charge in [0.05, 0.1) is 12.2 Å². The third-order valence-corrected chi connectivity index (χ3v) is 3.15. The molecule has 2 aromatic rings. The predicted octanol–water partition coefficient (Wildman–Crippen LogP) is 3.90. The van der Waals surface area contributed by atoms with E-state index in [4.69, 9.17) is 0 Å². The molecule has 0 aliphatic carbocycles. The molecule has 0 saturated carbocycles. The minimum absolute atomic E-state index is 0.253. The first-order valence-electron chi connectivity index (χ1n) is 5.26. The summed E-state index contributed by atoms with van der Waals surface area (Å²) < 4.78 is 13.6. The molecule has 0 aliphatic heterocycles. The topological polar surface area (TPSA) is 24.9 Å². The van der Waals surface area contributed by atoms with Crippen LogP contribution in [0.3, 0.4) is 0 Å². The first-order chi connectivity index (χ1) is 8.16.